The number of cyclic esters (lactones) is 1. The van der Waals surface area contributed by atoms with Crippen LogP contribution in [0.2, 0.25) is 0 Å². The van der Waals surface area contributed by atoms with Crippen molar-refractivity contribution in [2.75, 3.05) is 6.61 Å². The Hall–Kier alpha value is -1.78. The number of carbonyl (C=O) groups excluding carboxylic acids is 1. The summed E-state index contributed by atoms with van der Waals surface area (Å²) in [6, 6.07) is 0. The number of esters is 1. The Labute approximate surface area is 99.0 Å². The lowest BCUT2D eigenvalue weighted by Gasteiger charge is -2.41. The van der Waals surface area contributed by atoms with E-state index in [1.807, 2.05) is 12.2 Å². The SMILES string of the molecule is NN=C1OC(=O)CC2COC3=CC=CCC3C12. The monoisotopic (exact) mass is 234 g/mol. The number of ether oxygens (including phenoxy) is 2. The Kier molecular flexibility index (Phi) is 2.39. The summed E-state index contributed by atoms with van der Waals surface area (Å²) in [7, 11) is 0. The molecule has 0 amide bonds. The molecule has 5 heteroatoms. The Morgan fingerprint density at radius 2 is 2.35 bits per heavy atom. The fourth-order valence-electron chi connectivity index (χ4n) is 2.85. The van der Waals surface area contributed by atoms with Gasteiger partial charge < -0.3 is 15.3 Å². The van der Waals surface area contributed by atoms with Crippen LogP contribution in [0.4, 0.5) is 0 Å². The predicted molar refractivity (Wildman–Crippen MR) is 60.6 cm³/mol. The fraction of sp³-hybridized carbons (Fsp3) is 0.500. The molecule has 5 nitrogen and oxygen atoms in total. The van der Waals surface area contributed by atoms with Gasteiger partial charge in [-0.2, -0.15) is 0 Å². The molecule has 0 aromatic heterocycles. The molecule has 0 spiro atoms. The summed E-state index contributed by atoms with van der Waals surface area (Å²) in [5.41, 5.74) is 0. The lowest BCUT2D eigenvalue weighted by molar-refractivity contribution is -0.142. The molecular formula is C12H14N2O3. The van der Waals surface area contributed by atoms with Gasteiger partial charge in [-0.05, 0) is 12.5 Å². The Morgan fingerprint density at radius 3 is 3.18 bits per heavy atom. The number of carbonyl (C=O) groups is 1. The summed E-state index contributed by atoms with van der Waals surface area (Å²) in [6.07, 6.45) is 7.31. The molecule has 0 aromatic carbocycles. The summed E-state index contributed by atoms with van der Waals surface area (Å²) in [5.74, 6) is 6.78. The van der Waals surface area contributed by atoms with Crippen LogP contribution in [0.15, 0.2) is 29.1 Å². The van der Waals surface area contributed by atoms with E-state index in [0.29, 0.717) is 18.9 Å². The summed E-state index contributed by atoms with van der Waals surface area (Å²) in [4.78, 5) is 11.4. The van der Waals surface area contributed by atoms with E-state index in [1.165, 1.54) is 0 Å². The fourth-order valence-corrected chi connectivity index (χ4v) is 2.85. The van der Waals surface area contributed by atoms with Crippen molar-refractivity contribution in [3.05, 3.63) is 24.0 Å². The molecule has 0 bridgehead atoms. The van der Waals surface area contributed by atoms with Crippen LogP contribution in [-0.4, -0.2) is 18.5 Å². The molecule has 0 saturated carbocycles. The minimum absolute atomic E-state index is 0.0719. The summed E-state index contributed by atoms with van der Waals surface area (Å²) in [6.45, 7) is 0.537. The predicted octanol–water partition coefficient (Wildman–Crippen LogP) is 0.928. The standard InChI is InChI=1S/C12H14N2O3/c13-14-12-11-7(5-10(15)17-12)6-16-9-4-2-1-3-8(9)11/h1-2,4,7-8,11H,3,5-6,13H2. The van der Waals surface area contributed by atoms with Gasteiger partial charge in [0.2, 0.25) is 5.90 Å². The van der Waals surface area contributed by atoms with E-state index in [0.717, 1.165) is 12.2 Å². The second-order valence-electron chi connectivity index (χ2n) is 4.58. The molecule has 2 heterocycles. The van der Waals surface area contributed by atoms with Crippen molar-refractivity contribution in [1.29, 1.82) is 0 Å². The number of allylic oxidation sites excluding steroid dienone is 4. The largest absolute Gasteiger partial charge is 0.497 e. The second kappa shape index (κ2) is 3.91. The first kappa shape index (κ1) is 10.4. The van der Waals surface area contributed by atoms with Crippen LogP contribution in [0.25, 0.3) is 0 Å². The summed E-state index contributed by atoms with van der Waals surface area (Å²) < 4.78 is 10.8. The molecule has 2 aliphatic heterocycles. The number of hydrogen-bond donors (Lipinski definition) is 1. The van der Waals surface area contributed by atoms with Crippen LogP contribution < -0.4 is 5.84 Å². The average Bonchev–Trinajstić information content (AvgIpc) is 2.37. The van der Waals surface area contributed by atoms with Gasteiger partial charge in [-0.15, -0.1) is 5.10 Å². The minimum Gasteiger partial charge on any atom is -0.497 e. The Bertz CT molecular complexity index is 439. The molecule has 17 heavy (non-hydrogen) atoms. The van der Waals surface area contributed by atoms with Gasteiger partial charge in [0.25, 0.3) is 0 Å². The molecule has 90 valence electrons. The molecule has 2 fully saturated rings. The number of fused-ring (bicyclic) bond motifs is 3. The number of nitrogens with zero attached hydrogens (tertiary/aromatic N) is 1. The van der Waals surface area contributed by atoms with Gasteiger partial charge in [0.1, 0.15) is 5.76 Å². The van der Waals surface area contributed by atoms with Crippen molar-refractivity contribution < 1.29 is 14.3 Å². The maximum Gasteiger partial charge on any atom is 0.312 e. The highest BCUT2D eigenvalue weighted by Crippen LogP contribution is 2.42. The second-order valence-corrected chi connectivity index (χ2v) is 4.58. The van der Waals surface area contributed by atoms with E-state index in [1.54, 1.807) is 0 Å². The molecule has 3 aliphatic rings. The zero-order valence-corrected chi connectivity index (χ0v) is 9.33. The summed E-state index contributed by atoms with van der Waals surface area (Å²) >= 11 is 0. The highest BCUT2D eigenvalue weighted by Gasteiger charge is 2.46. The van der Waals surface area contributed by atoms with Crippen molar-refractivity contribution in [3.63, 3.8) is 0 Å². The average molecular weight is 234 g/mol. The molecule has 2 saturated heterocycles. The molecule has 2 N–H and O–H groups in total. The minimum atomic E-state index is -0.266. The van der Waals surface area contributed by atoms with E-state index < -0.39 is 0 Å². The van der Waals surface area contributed by atoms with Crippen molar-refractivity contribution in [3.8, 4) is 0 Å². The van der Waals surface area contributed by atoms with Crippen LogP contribution in [-0.2, 0) is 14.3 Å². The number of hydrazone groups is 1. The highest BCUT2D eigenvalue weighted by atomic mass is 16.5. The van der Waals surface area contributed by atoms with Gasteiger partial charge in [0, 0.05) is 11.8 Å². The smallest absolute Gasteiger partial charge is 0.312 e. The van der Waals surface area contributed by atoms with E-state index in [4.69, 9.17) is 15.3 Å². The lowest BCUT2D eigenvalue weighted by Crippen LogP contribution is -2.46. The van der Waals surface area contributed by atoms with Crippen LogP contribution in [0.1, 0.15) is 12.8 Å². The van der Waals surface area contributed by atoms with Gasteiger partial charge in [0.15, 0.2) is 0 Å². The first-order valence-electron chi connectivity index (χ1n) is 5.77. The molecular weight excluding hydrogens is 220 g/mol. The zero-order chi connectivity index (χ0) is 11.8. The van der Waals surface area contributed by atoms with E-state index in [9.17, 15) is 4.79 Å². The zero-order valence-electron chi connectivity index (χ0n) is 9.33. The van der Waals surface area contributed by atoms with Crippen LogP contribution >= 0.6 is 0 Å². The Balaban J connectivity index is 1.94. The van der Waals surface area contributed by atoms with Crippen LogP contribution in [0, 0.1) is 17.8 Å². The first-order valence-corrected chi connectivity index (χ1v) is 5.77. The number of nitrogens with two attached hydrogens (primary N) is 1. The third kappa shape index (κ3) is 1.62. The molecule has 3 rings (SSSR count). The Morgan fingerprint density at radius 1 is 1.47 bits per heavy atom. The molecule has 3 unspecified atom stereocenters. The van der Waals surface area contributed by atoms with Gasteiger partial charge in [-0.25, -0.2) is 0 Å². The third-order valence-corrected chi connectivity index (χ3v) is 3.62. The summed E-state index contributed by atoms with van der Waals surface area (Å²) in [5, 5.41) is 3.64. The van der Waals surface area contributed by atoms with Crippen molar-refractivity contribution in [1.82, 2.24) is 0 Å². The van der Waals surface area contributed by atoms with Crippen molar-refractivity contribution in [2.24, 2.45) is 28.7 Å². The van der Waals surface area contributed by atoms with Crippen molar-refractivity contribution in [2.45, 2.75) is 12.8 Å². The van der Waals surface area contributed by atoms with Gasteiger partial charge in [-0.1, -0.05) is 12.2 Å². The molecule has 3 atom stereocenters. The molecule has 0 radical (unpaired) electrons. The normalized spacial score (nSPS) is 37.6. The maximum absolute atomic E-state index is 11.4. The van der Waals surface area contributed by atoms with Crippen LogP contribution in [0.3, 0.4) is 0 Å². The topological polar surface area (TPSA) is 73.9 Å². The van der Waals surface area contributed by atoms with Crippen molar-refractivity contribution >= 4 is 11.9 Å². The maximum atomic E-state index is 11.4. The number of rotatable bonds is 0. The van der Waals surface area contributed by atoms with Gasteiger partial charge >= 0.3 is 5.97 Å². The lowest BCUT2D eigenvalue weighted by atomic mass is 9.73. The third-order valence-electron chi connectivity index (χ3n) is 3.62. The quantitative estimate of drug-likeness (QED) is 0.384. The van der Waals surface area contributed by atoms with Gasteiger partial charge in [0.05, 0.1) is 18.9 Å². The molecule has 0 aromatic rings. The molecule has 1 aliphatic carbocycles. The van der Waals surface area contributed by atoms with Crippen LogP contribution in [0.5, 0.6) is 0 Å². The van der Waals surface area contributed by atoms with E-state index in [-0.39, 0.29) is 23.7 Å². The van der Waals surface area contributed by atoms with E-state index >= 15 is 0 Å². The number of hydrogen-bond acceptors (Lipinski definition) is 5. The highest BCUT2D eigenvalue weighted by molar-refractivity contribution is 5.93. The first-order chi connectivity index (χ1) is 8.29. The van der Waals surface area contributed by atoms with E-state index in [2.05, 4.69) is 11.2 Å². The van der Waals surface area contributed by atoms with Gasteiger partial charge in [-0.3, -0.25) is 4.79 Å².